The van der Waals surface area contributed by atoms with Crippen molar-refractivity contribution in [1.82, 2.24) is 14.5 Å². The van der Waals surface area contributed by atoms with Gasteiger partial charge >= 0.3 is 0 Å². The summed E-state index contributed by atoms with van der Waals surface area (Å²) in [7, 11) is 1.58. The molecule has 0 saturated heterocycles. The maximum absolute atomic E-state index is 13.9. The SMILES string of the molecule is CCCN(C(=O)c1cccc(OC)c1)C(C)c1nc2ccccc2c(=O)n1-c1ccc2ccccc2c1. The van der Waals surface area contributed by atoms with E-state index in [2.05, 4.69) is 0 Å². The van der Waals surface area contributed by atoms with Gasteiger partial charge in [0.05, 0.1) is 29.7 Å². The van der Waals surface area contributed by atoms with E-state index in [1.54, 1.807) is 40.8 Å². The van der Waals surface area contributed by atoms with E-state index in [0.717, 1.165) is 17.2 Å². The summed E-state index contributed by atoms with van der Waals surface area (Å²) in [6, 6.07) is 28.0. The number of para-hydroxylation sites is 1. The summed E-state index contributed by atoms with van der Waals surface area (Å²) in [5.74, 6) is 0.997. The number of aromatic nitrogens is 2. The van der Waals surface area contributed by atoms with Gasteiger partial charge in [-0.2, -0.15) is 0 Å². The van der Waals surface area contributed by atoms with Crippen LogP contribution in [-0.2, 0) is 0 Å². The number of benzene rings is 4. The maximum atomic E-state index is 13.9. The van der Waals surface area contributed by atoms with Crippen molar-refractivity contribution in [3.8, 4) is 11.4 Å². The van der Waals surface area contributed by atoms with Crippen LogP contribution in [0, 0.1) is 0 Å². The second-order valence-electron chi connectivity index (χ2n) is 9.07. The van der Waals surface area contributed by atoms with Gasteiger partial charge in [-0.25, -0.2) is 4.98 Å². The van der Waals surface area contributed by atoms with Crippen molar-refractivity contribution in [2.24, 2.45) is 0 Å². The summed E-state index contributed by atoms with van der Waals surface area (Å²) in [6.07, 6.45) is 0.758. The van der Waals surface area contributed by atoms with Crippen LogP contribution in [0.4, 0.5) is 0 Å². The van der Waals surface area contributed by atoms with Crippen LogP contribution in [0.3, 0.4) is 0 Å². The first-order valence-electron chi connectivity index (χ1n) is 12.5. The Labute approximate surface area is 215 Å². The van der Waals surface area contributed by atoms with Gasteiger partial charge in [0.25, 0.3) is 11.5 Å². The second-order valence-corrected chi connectivity index (χ2v) is 9.07. The minimum Gasteiger partial charge on any atom is -0.497 e. The molecule has 0 aliphatic rings. The van der Waals surface area contributed by atoms with Gasteiger partial charge in [-0.05, 0) is 66.6 Å². The Morgan fingerprint density at radius 1 is 0.946 bits per heavy atom. The van der Waals surface area contributed by atoms with E-state index >= 15 is 0 Å². The predicted octanol–water partition coefficient (Wildman–Crippen LogP) is 6.16. The average molecular weight is 492 g/mol. The van der Waals surface area contributed by atoms with Gasteiger partial charge < -0.3 is 9.64 Å². The van der Waals surface area contributed by atoms with E-state index < -0.39 is 6.04 Å². The van der Waals surface area contributed by atoms with E-state index in [1.165, 1.54) is 0 Å². The van der Waals surface area contributed by atoms with Crippen LogP contribution in [0.5, 0.6) is 5.75 Å². The summed E-state index contributed by atoms with van der Waals surface area (Å²) in [6.45, 7) is 4.47. The smallest absolute Gasteiger partial charge is 0.266 e. The Morgan fingerprint density at radius 3 is 2.49 bits per heavy atom. The van der Waals surface area contributed by atoms with Crippen molar-refractivity contribution in [2.75, 3.05) is 13.7 Å². The molecule has 1 heterocycles. The third-order valence-corrected chi connectivity index (χ3v) is 6.68. The summed E-state index contributed by atoms with van der Waals surface area (Å²) >= 11 is 0. The van der Waals surface area contributed by atoms with Gasteiger partial charge in [-0.15, -0.1) is 0 Å². The van der Waals surface area contributed by atoms with Crippen molar-refractivity contribution in [3.05, 3.63) is 113 Å². The zero-order valence-electron chi connectivity index (χ0n) is 21.2. The first-order valence-corrected chi connectivity index (χ1v) is 12.5. The topological polar surface area (TPSA) is 64.4 Å². The Morgan fingerprint density at radius 2 is 1.70 bits per heavy atom. The van der Waals surface area contributed by atoms with Crippen molar-refractivity contribution in [2.45, 2.75) is 26.3 Å². The quantitative estimate of drug-likeness (QED) is 0.273. The molecule has 0 spiro atoms. The van der Waals surface area contributed by atoms with Crippen LogP contribution < -0.4 is 10.3 Å². The molecular formula is C31H29N3O3. The van der Waals surface area contributed by atoms with Crippen LogP contribution in [-0.4, -0.2) is 34.0 Å². The molecule has 186 valence electrons. The fraction of sp³-hybridized carbons (Fsp3) is 0.194. The lowest BCUT2D eigenvalue weighted by atomic mass is 10.1. The highest BCUT2D eigenvalue weighted by Crippen LogP contribution is 2.27. The summed E-state index contributed by atoms with van der Waals surface area (Å²) < 4.78 is 6.99. The molecule has 6 nitrogen and oxygen atoms in total. The number of carbonyl (C=O) groups excluding carboxylic acids is 1. The summed E-state index contributed by atoms with van der Waals surface area (Å²) in [4.78, 5) is 34.4. The minimum absolute atomic E-state index is 0.138. The third kappa shape index (κ3) is 4.58. The van der Waals surface area contributed by atoms with Gasteiger partial charge in [-0.3, -0.25) is 14.2 Å². The molecule has 37 heavy (non-hydrogen) atoms. The van der Waals surface area contributed by atoms with Gasteiger partial charge in [0.15, 0.2) is 0 Å². The molecule has 0 radical (unpaired) electrons. The molecule has 5 rings (SSSR count). The number of amides is 1. The van der Waals surface area contributed by atoms with Crippen LogP contribution in [0.2, 0.25) is 0 Å². The number of carbonyl (C=O) groups is 1. The molecule has 1 aromatic heterocycles. The van der Waals surface area contributed by atoms with E-state index in [4.69, 9.17) is 9.72 Å². The average Bonchev–Trinajstić information content (AvgIpc) is 2.95. The number of hydrogen-bond acceptors (Lipinski definition) is 4. The molecule has 5 aromatic rings. The van der Waals surface area contributed by atoms with Gasteiger partial charge in [0.2, 0.25) is 0 Å². The standard InChI is InChI=1S/C31H29N3O3/c1-4-18-33(30(35)24-12-9-13-26(20-24)37-3)21(2)29-32-28-15-8-7-14-27(28)31(36)34(29)25-17-16-22-10-5-6-11-23(22)19-25/h5-17,19-21H,4,18H2,1-3H3. The lowest BCUT2D eigenvalue weighted by molar-refractivity contribution is 0.0681. The molecule has 1 amide bonds. The van der Waals surface area contributed by atoms with Gasteiger partial charge in [-0.1, -0.05) is 55.5 Å². The van der Waals surface area contributed by atoms with Crippen molar-refractivity contribution in [1.29, 1.82) is 0 Å². The van der Waals surface area contributed by atoms with E-state index in [1.807, 2.05) is 80.6 Å². The van der Waals surface area contributed by atoms with Gasteiger partial charge in [0.1, 0.15) is 11.6 Å². The first-order chi connectivity index (χ1) is 18.0. The molecule has 0 aliphatic carbocycles. The molecule has 4 aromatic carbocycles. The molecule has 1 unspecified atom stereocenters. The maximum Gasteiger partial charge on any atom is 0.266 e. The van der Waals surface area contributed by atoms with Gasteiger partial charge in [0, 0.05) is 12.1 Å². The van der Waals surface area contributed by atoms with Crippen molar-refractivity contribution in [3.63, 3.8) is 0 Å². The van der Waals surface area contributed by atoms with E-state index in [-0.39, 0.29) is 11.5 Å². The zero-order valence-corrected chi connectivity index (χ0v) is 21.2. The molecule has 0 N–H and O–H groups in total. The lowest BCUT2D eigenvalue weighted by Gasteiger charge is -2.30. The number of nitrogens with zero attached hydrogens (tertiary/aromatic N) is 3. The van der Waals surface area contributed by atoms with Crippen LogP contribution in [0.15, 0.2) is 95.8 Å². The predicted molar refractivity (Wildman–Crippen MR) is 148 cm³/mol. The highest BCUT2D eigenvalue weighted by atomic mass is 16.5. The van der Waals surface area contributed by atoms with Crippen molar-refractivity contribution < 1.29 is 9.53 Å². The molecule has 0 bridgehead atoms. The lowest BCUT2D eigenvalue weighted by Crippen LogP contribution is -2.38. The summed E-state index contributed by atoms with van der Waals surface area (Å²) in [5, 5.41) is 2.65. The fourth-order valence-corrected chi connectivity index (χ4v) is 4.77. The minimum atomic E-state index is -0.470. The number of rotatable bonds is 7. The normalized spacial score (nSPS) is 12.0. The first kappa shape index (κ1) is 24.3. The van der Waals surface area contributed by atoms with Crippen LogP contribution in [0.1, 0.15) is 42.5 Å². The Hall–Kier alpha value is -4.45. The molecule has 0 aliphatic heterocycles. The summed E-state index contributed by atoms with van der Waals surface area (Å²) in [5.41, 5.74) is 1.69. The number of ether oxygens (including phenoxy) is 1. The zero-order chi connectivity index (χ0) is 25.9. The Bertz CT molecular complexity index is 1660. The number of fused-ring (bicyclic) bond motifs is 2. The second kappa shape index (κ2) is 10.3. The number of methoxy groups -OCH3 is 1. The Balaban J connectivity index is 1.70. The highest BCUT2D eigenvalue weighted by Gasteiger charge is 2.27. The van der Waals surface area contributed by atoms with E-state index in [0.29, 0.717) is 40.3 Å². The molecule has 0 saturated carbocycles. The molecular weight excluding hydrogens is 462 g/mol. The third-order valence-electron chi connectivity index (χ3n) is 6.68. The van der Waals surface area contributed by atoms with Crippen molar-refractivity contribution >= 4 is 27.6 Å². The van der Waals surface area contributed by atoms with E-state index in [9.17, 15) is 9.59 Å². The Kier molecular flexibility index (Phi) is 6.73. The number of hydrogen-bond donors (Lipinski definition) is 0. The van der Waals surface area contributed by atoms with Crippen LogP contribution in [0.25, 0.3) is 27.4 Å². The highest BCUT2D eigenvalue weighted by molar-refractivity contribution is 5.95. The molecule has 6 heteroatoms. The van der Waals surface area contributed by atoms with Crippen LogP contribution >= 0.6 is 0 Å². The monoisotopic (exact) mass is 491 g/mol. The fourth-order valence-electron chi connectivity index (χ4n) is 4.77. The molecule has 1 atom stereocenters. The molecule has 0 fully saturated rings. The largest absolute Gasteiger partial charge is 0.497 e.